The molecule has 0 unspecified atom stereocenters. The first-order valence-electron chi connectivity index (χ1n) is 9.20. The van der Waals surface area contributed by atoms with Gasteiger partial charge in [-0.1, -0.05) is 102 Å². The minimum Gasteiger partial charge on any atom is -0.252 e. The number of hydrogen-bond acceptors (Lipinski definition) is 4. The SMILES string of the molecule is C/C(=N/Nc1nc(-c2ccccc2)c(-c2ccccc2)s1)c1ccc(C)cc1. The second-order valence-electron chi connectivity index (χ2n) is 6.60. The van der Waals surface area contributed by atoms with Gasteiger partial charge in [-0.05, 0) is 25.0 Å². The van der Waals surface area contributed by atoms with Crippen molar-refractivity contribution in [3.05, 3.63) is 96.1 Å². The van der Waals surface area contributed by atoms with Gasteiger partial charge in [0.25, 0.3) is 0 Å². The third-order valence-electron chi connectivity index (χ3n) is 4.50. The highest BCUT2D eigenvalue weighted by atomic mass is 32.1. The molecule has 0 aliphatic heterocycles. The molecule has 0 radical (unpaired) electrons. The molecule has 138 valence electrons. The summed E-state index contributed by atoms with van der Waals surface area (Å²) in [5.74, 6) is 0. The zero-order chi connectivity index (χ0) is 19.3. The molecule has 0 aliphatic rings. The molecule has 1 N–H and O–H groups in total. The summed E-state index contributed by atoms with van der Waals surface area (Å²) in [5.41, 5.74) is 9.65. The topological polar surface area (TPSA) is 37.3 Å². The van der Waals surface area contributed by atoms with E-state index in [0.29, 0.717) is 0 Å². The number of thiazole rings is 1. The average molecular weight is 384 g/mol. The largest absolute Gasteiger partial charge is 0.252 e. The normalized spacial score (nSPS) is 11.4. The van der Waals surface area contributed by atoms with E-state index in [1.165, 1.54) is 5.56 Å². The van der Waals surface area contributed by atoms with Crippen molar-refractivity contribution in [1.82, 2.24) is 4.98 Å². The van der Waals surface area contributed by atoms with Crippen LogP contribution in [0.15, 0.2) is 90.0 Å². The molecule has 3 nitrogen and oxygen atoms in total. The summed E-state index contributed by atoms with van der Waals surface area (Å²) in [4.78, 5) is 5.97. The Hall–Kier alpha value is -3.24. The number of hydrogen-bond donors (Lipinski definition) is 1. The number of nitrogens with zero attached hydrogens (tertiary/aromatic N) is 2. The fourth-order valence-electron chi connectivity index (χ4n) is 2.94. The van der Waals surface area contributed by atoms with Crippen LogP contribution in [0, 0.1) is 6.92 Å². The van der Waals surface area contributed by atoms with E-state index in [-0.39, 0.29) is 0 Å². The van der Waals surface area contributed by atoms with Crippen molar-refractivity contribution in [3.63, 3.8) is 0 Å². The predicted molar refractivity (Wildman–Crippen MR) is 120 cm³/mol. The zero-order valence-corrected chi connectivity index (χ0v) is 16.7. The smallest absolute Gasteiger partial charge is 0.204 e. The Kier molecular flexibility index (Phi) is 5.31. The molecule has 0 fully saturated rings. The number of hydrazone groups is 1. The van der Waals surface area contributed by atoms with Crippen LogP contribution < -0.4 is 5.43 Å². The Balaban J connectivity index is 1.67. The Bertz CT molecular complexity index is 1020. The Labute approximate surface area is 169 Å². The van der Waals surface area contributed by atoms with Crippen LogP contribution in [0.1, 0.15) is 18.1 Å². The van der Waals surface area contributed by atoms with Crippen molar-refractivity contribution in [3.8, 4) is 21.7 Å². The van der Waals surface area contributed by atoms with E-state index in [1.54, 1.807) is 11.3 Å². The summed E-state index contributed by atoms with van der Waals surface area (Å²) < 4.78 is 0. The number of nitrogens with one attached hydrogen (secondary N) is 1. The van der Waals surface area contributed by atoms with Crippen molar-refractivity contribution in [2.75, 3.05) is 5.43 Å². The average Bonchev–Trinajstić information content (AvgIpc) is 3.18. The van der Waals surface area contributed by atoms with Crippen molar-refractivity contribution in [2.24, 2.45) is 5.10 Å². The minimum atomic E-state index is 0.782. The molecule has 4 rings (SSSR count). The number of aromatic nitrogens is 1. The maximum absolute atomic E-state index is 4.84. The number of anilines is 1. The third-order valence-corrected chi connectivity index (χ3v) is 5.51. The molecule has 1 aromatic heterocycles. The highest BCUT2D eigenvalue weighted by molar-refractivity contribution is 7.19. The summed E-state index contributed by atoms with van der Waals surface area (Å²) in [6.07, 6.45) is 0. The molecule has 0 atom stereocenters. The molecule has 4 heteroatoms. The van der Waals surface area contributed by atoms with Gasteiger partial charge >= 0.3 is 0 Å². The molecule has 0 saturated heterocycles. The van der Waals surface area contributed by atoms with Gasteiger partial charge in [-0.2, -0.15) is 5.10 Å². The lowest BCUT2D eigenvalue weighted by Gasteiger charge is -2.02. The van der Waals surface area contributed by atoms with Gasteiger partial charge in [0.2, 0.25) is 5.13 Å². The zero-order valence-electron chi connectivity index (χ0n) is 15.9. The highest BCUT2D eigenvalue weighted by Crippen LogP contribution is 2.38. The molecule has 28 heavy (non-hydrogen) atoms. The molecular weight excluding hydrogens is 362 g/mol. The summed E-state index contributed by atoms with van der Waals surface area (Å²) in [6, 6.07) is 29.0. The van der Waals surface area contributed by atoms with Crippen molar-refractivity contribution < 1.29 is 0 Å². The van der Waals surface area contributed by atoms with Gasteiger partial charge in [0, 0.05) is 5.56 Å². The van der Waals surface area contributed by atoms with Gasteiger partial charge in [0.1, 0.15) is 0 Å². The van der Waals surface area contributed by atoms with Crippen molar-refractivity contribution in [1.29, 1.82) is 0 Å². The summed E-state index contributed by atoms with van der Waals surface area (Å²) in [5, 5.41) is 5.33. The van der Waals surface area contributed by atoms with Crippen LogP contribution in [0.4, 0.5) is 5.13 Å². The monoisotopic (exact) mass is 383 g/mol. The van der Waals surface area contributed by atoms with E-state index in [4.69, 9.17) is 4.98 Å². The Morgan fingerprint density at radius 2 is 1.43 bits per heavy atom. The van der Waals surface area contributed by atoms with Crippen LogP contribution in [0.3, 0.4) is 0 Å². The second-order valence-corrected chi connectivity index (χ2v) is 7.60. The van der Waals surface area contributed by atoms with E-state index >= 15 is 0 Å². The Morgan fingerprint density at radius 1 is 0.821 bits per heavy atom. The summed E-state index contributed by atoms with van der Waals surface area (Å²) in [7, 11) is 0. The van der Waals surface area contributed by atoms with Crippen molar-refractivity contribution in [2.45, 2.75) is 13.8 Å². The van der Waals surface area contributed by atoms with Gasteiger partial charge in [-0.15, -0.1) is 0 Å². The van der Waals surface area contributed by atoms with Gasteiger partial charge in [-0.3, -0.25) is 5.43 Å². The fraction of sp³-hybridized carbons (Fsp3) is 0.0833. The lowest BCUT2D eigenvalue weighted by Crippen LogP contribution is -1.99. The molecule has 0 spiro atoms. The quantitative estimate of drug-likeness (QED) is 0.310. The molecule has 0 saturated carbocycles. The fourth-order valence-corrected chi connectivity index (χ4v) is 3.87. The second kappa shape index (κ2) is 8.19. The highest BCUT2D eigenvalue weighted by Gasteiger charge is 2.14. The molecule has 4 aromatic rings. The molecular formula is C24H21N3S. The first-order valence-corrected chi connectivity index (χ1v) is 10.0. The van der Waals surface area contributed by atoms with E-state index in [0.717, 1.165) is 38.1 Å². The third kappa shape index (κ3) is 4.02. The van der Waals surface area contributed by atoms with Gasteiger partial charge < -0.3 is 0 Å². The van der Waals surface area contributed by atoms with Crippen LogP contribution in [0.2, 0.25) is 0 Å². The lowest BCUT2D eigenvalue weighted by atomic mass is 10.1. The lowest BCUT2D eigenvalue weighted by molar-refractivity contribution is 1.27. The summed E-state index contributed by atoms with van der Waals surface area (Å²) >= 11 is 1.62. The molecule has 3 aromatic carbocycles. The van der Waals surface area contributed by atoms with Gasteiger partial charge in [-0.25, -0.2) is 4.98 Å². The van der Waals surface area contributed by atoms with E-state index < -0.39 is 0 Å². The summed E-state index contributed by atoms with van der Waals surface area (Å²) in [6.45, 7) is 4.09. The van der Waals surface area contributed by atoms with Crippen LogP contribution in [0.25, 0.3) is 21.7 Å². The first kappa shape index (κ1) is 18.1. The standard InChI is InChI=1S/C24H21N3S/c1-17-13-15-19(16-14-17)18(2)26-27-24-25-22(20-9-5-3-6-10-20)23(28-24)21-11-7-4-8-12-21/h3-16H,1-2H3,(H,25,27)/b26-18-. The van der Waals surface area contributed by atoms with E-state index in [1.807, 2.05) is 31.2 Å². The minimum absolute atomic E-state index is 0.782. The Morgan fingerprint density at radius 3 is 2.07 bits per heavy atom. The number of benzene rings is 3. The van der Waals surface area contributed by atoms with Gasteiger partial charge in [0.15, 0.2) is 0 Å². The van der Waals surface area contributed by atoms with Crippen LogP contribution >= 0.6 is 11.3 Å². The maximum atomic E-state index is 4.84. The predicted octanol–water partition coefficient (Wildman–Crippen LogP) is 6.62. The first-order chi connectivity index (χ1) is 13.7. The van der Waals surface area contributed by atoms with Crippen LogP contribution in [0.5, 0.6) is 0 Å². The van der Waals surface area contributed by atoms with Crippen LogP contribution in [-0.4, -0.2) is 10.7 Å². The number of rotatable bonds is 5. The van der Waals surface area contributed by atoms with Crippen LogP contribution in [-0.2, 0) is 0 Å². The van der Waals surface area contributed by atoms with Gasteiger partial charge in [0.05, 0.1) is 16.3 Å². The molecule has 0 amide bonds. The van der Waals surface area contributed by atoms with E-state index in [9.17, 15) is 0 Å². The molecule has 1 heterocycles. The molecule has 0 bridgehead atoms. The maximum Gasteiger partial charge on any atom is 0.204 e. The van der Waals surface area contributed by atoms with Crippen molar-refractivity contribution >= 4 is 22.2 Å². The molecule has 0 aliphatic carbocycles. The number of aryl methyl sites for hydroxylation is 1. The van der Waals surface area contributed by atoms with E-state index in [2.05, 4.69) is 78.1 Å².